The van der Waals surface area contributed by atoms with Crippen molar-refractivity contribution in [3.63, 3.8) is 0 Å². The smallest absolute Gasteiger partial charge is 0.462 e. The molecule has 17 nitrogen and oxygen atoms in total. The van der Waals surface area contributed by atoms with E-state index in [0.29, 0.717) is 25.7 Å². The third-order valence-corrected chi connectivity index (χ3v) is 21.0. The molecule has 99 heavy (non-hydrogen) atoms. The number of ether oxygens (including phenoxy) is 4. The predicted octanol–water partition coefficient (Wildman–Crippen LogP) is 24.0. The van der Waals surface area contributed by atoms with Crippen LogP contribution in [0.1, 0.15) is 426 Å². The topological polar surface area (TPSA) is 237 Å². The average molecular weight is 1450 g/mol. The number of carbonyl (C=O) groups excluding carboxylic acids is 4. The van der Waals surface area contributed by atoms with Crippen molar-refractivity contribution < 1.29 is 80.2 Å². The van der Waals surface area contributed by atoms with E-state index in [-0.39, 0.29) is 25.7 Å². The van der Waals surface area contributed by atoms with E-state index in [1.54, 1.807) is 0 Å². The number of phosphoric ester groups is 2. The van der Waals surface area contributed by atoms with Crippen molar-refractivity contribution in [1.29, 1.82) is 0 Å². The minimum absolute atomic E-state index is 0.108. The van der Waals surface area contributed by atoms with Crippen LogP contribution in [0.25, 0.3) is 0 Å². The molecule has 19 heteroatoms. The monoisotopic (exact) mass is 1450 g/mol. The van der Waals surface area contributed by atoms with Crippen LogP contribution in [0.15, 0.2) is 0 Å². The van der Waals surface area contributed by atoms with Gasteiger partial charge in [0.05, 0.1) is 26.4 Å². The van der Waals surface area contributed by atoms with E-state index < -0.39 is 97.5 Å². The molecule has 0 spiro atoms. The fourth-order valence-corrected chi connectivity index (χ4v) is 14.0. The molecule has 0 fully saturated rings. The number of rotatable bonds is 80. The highest BCUT2D eigenvalue weighted by Crippen LogP contribution is 2.45. The summed E-state index contributed by atoms with van der Waals surface area (Å²) in [6.07, 6.45) is 64.2. The van der Waals surface area contributed by atoms with E-state index in [4.69, 9.17) is 37.0 Å². The molecule has 588 valence electrons. The summed E-state index contributed by atoms with van der Waals surface area (Å²) in [5.41, 5.74) is 0. The third kappa shape index (κ3) is 72.8. The highest BCUT2D eigenvalue weighted by atomic mass is 31.2. The first-order valence-corrected chi connectivity index (χ1v) is 44.7. The van der Waals surface area contributed by atoms with Crippen LogP contribution in [0.4, 0.5) is 0 Å². The average Bonchev–Trinajstić information content (AvgIpc) is 1.07. The summed E-state index contributed by atoms with van der Waals surface area (Å²) >= 11 is 0. The molecule has 0 heterocycles. The van der Waals surface area contributed by atoms with Crippen LogP contribution in [0, 0.1) is 5.92 Å². The highest BCUT2D eigenvalue weighted by molar-refractivity contribution is 7.47. The Morgan fingerprint density at radius 1 is 0.283 bits per heavy atom. The number of aliphatic hydroxyl groups is 1. The number of aliphatic hydroxyl groups excluding tert-OH is 1. The van der Waals surface area contributed by atoms with Crippen molar-refractivity contribution in [3.8, 4) is 0 Å². The predicted molar refractivity (Wildman–Crippen MR) is 405 cm³/mol. The van der Waals surface area contributed by atoms with Crippen LogP contribution in [-0.2, 0) is 65.4 Å². The number of esters is 4. The first-order chi connectivity index (χ1) is 48.1. The second kappa shape index (κ2) is 73.0. The summed E-state index contributed by atoms with van der Waals surface area (Å²) in [4.78, 5) is 72.7. The van der Waals surface area contributed by atoms with E-state index >= 15 is 0 Å². The second-order valence-corrected chi connectivity index (χ2v) is 32.0. The molecule has 3 unspecified atom stereocenters. The summed E-state index contributed by atoms with van der Waals surface area (Å²) < 4.78 is 68.4. The summed E-state index contributed by atoms with van der Waals surface area (Å²) in [5, 5.41) is 10.6. The van der Waals surface area contributed by atoms with Gasteiger partial charge in [-0.3, -0.25) is 37.3 Å². The molecule has 0 amide bonds. The molecular weight excluding hydrogens is 1290 g/mol. The molecule has 0 aliphatic rings. The molecule has 0 aromatic rings. The molecule has 0 aliphatic heterocycles. The van der Waals surface area contributed by atoms with Gasteiger partial charge in [0.1, 0.15) is 19.3 Å². The van der Waals surface area contributed by atoms with E-state index in [9.17, 15) is 43.2 Å². The number of hydrogen-bond acceptors (Lipinski definition) is 15. The fraction of sp³-hybridized carbons (Fsp3) is 0.950. The molecular formula is C80H156O17P2. The Hall–Kier alpha value is -1.94. The normalized spacial score (nSPS) is 14.1. The summed E-state index contributed by atoms with van der Waals surface area (Å²) in [6.45, 7) is 7.30. The third-order valence-electron chi connectivity index (χ3n) is 19.1. The van der Waals surface area contributed by atoms with Crippen LogP contribution >= 0.6 is 15.6 Å². The van der Waals surface area contributed by atoms with Gasteiger partial charge in [-0.05, 0) is 31.6 Å². The van der Waals surface area contributed by atoms with Crippen LogP contribution < -0.4 is 0 Å². The number of phosphoric acid groups is 2. The lowest BCUT2D eigenvalue weighted by Crippen LogP contribution is -2.30. The second-order valence-electron chi connectivity index (χ2n) is 29.1. The first-order valence-electron chi connectivity index (χ1n) is 41.7. The van der Waals surface area contributed by atoms with Crippen LogP contribution in [0.3, 0.4) is 0 Å². The van der Waals surface area contributed by atoms with Gasteiger partial charge in [-0.15, -0.1) is 0 Å². The van der Waals surface area contributed by atoms with Crippen LogP contribution in [0.5, 0.6) is 0 Å². The van der Waals surface area contributed by atoms with Gasteiger partial charge in [0.25, 0.3) is 0 Å². The molecule has 0 rings (SSSR count). The largest absolute Gasteiger partial charge is 0.472 e. The van der Waals surface area contributed by atoms with Crippen molar-refractivity contribution in [2.24, 2.45) is 5.92 Å². The molecule has 0 bridgehead atoms. The van der Waals surface area contributed by atoms with Crippen LogP contribution in [0.2, 0.25) is 0 Å². The van der Waals surface area contributed by atoms with Crippen molar-refractivity contribution in [1.82, 2.24) is 0 Å². The number of hydrogen-bond donors (Lipinski definition) is 3. The lowest BCUT2D eigenvalue weighted by molar-refractivity contribution is -0.161. The van der Waals surface area contributed by atoms with Gasteiger partial charge in [0.2, 0.25) is 0 Å². The van der Waals surface area contributed by atoms with Crippen molar-refractivity contribution >= 4 is 39.5 Å². The zero-order chi connectivity index (χ0) is 72.7. The van der Waals surface area contributed by atoms with Gasteiger partial charge < -0.3 is 33.8 Å². The molecule has 0 aliphatic carbocycles. The van der Waals surface area contributed by atoms with E-state index in [0.717, 1.165) is 102 Å². The fourth-order valence-electron chi connectivity index (χ4n) is 12.4. The van der Waals surface area contributed by atoms with Gasteiger partial charge in [-0.25, -0.2) is 9.13 Å². The quantitative estimate of drug-likeness (QED) is 0.0222. The summed E-state index contributed by atoms with van der Waals surface area (Å²) in [5.74, 6) is -1.25. The molecule has 0 radical (unpaired) electrons. The minimum Gasteiger partial charge on any atom is -0.462 e. The van der Waals surface area contributed by atoms with Gasteiger partial charge in [0.15, 0.2) is 12.2 Å². The van der Waals surface area contributed by atoms with E-state index in [1.165, 1.54) is 244 Å². The van der Waals surface area contributed by atoms with Crippen molar-refractivity contribution in [2.45, 2.75) is 445 Å². The standard InChI is InChI=1S/C80H156O17P2/c1-6-10-13-16-18-20-22-24-26-29-34-37-41-45-49-54-59-64-78(83)91-70-76(97-80(85)66-61-56-51-47-43-39-35-31-28-27-30-33-36-40-44-48-53-57-62-73(5)9-4)72-95-99(88,89)93-68-74(81)67-92-98(86,87)94-71-75(69-90-77(82)63-58-52-15-12-8-3)96-79(84)65-60-55-50-46-42-38-32-25-23-21-19-17-14-11-7-2/h73-76,81H,6-72H2,1-5H3,(H,86,87)(H,88,89)/t73?,74-,75+,76+/m0/s1. The molecule has 0 aromatic heterocycles. The maximum atomic E-state index is 13.1. The Bertz CT molecular complexity index is 1890. The lowest BCUT2D eigenvalue weighted by atomic mass is 9.99. The van der Waals surface area contributed by atoms with Crippen molar-refractivity contribution in [3.05, 3.63) is 0 Å². The van der Waals surface area contributed by atoms with Crippen LogP contribution in [-0.4, -0.2) is 96.7 Å². The van der Waals surface area contributed by atoms with E-state index in [1.807, 2.05) is 0 Å². The Labute approximate surface area is 607 Å². The maximum absolute atomic E-state index is 13.1. The SMILES string of the molecule is CCCCCCCCCCCCCCCCCCCC(=O)OC[C@H](COP(=O)(O)OC[C@@H](O)COP(=O)(O)OC[C@@H](COC(=O)CCCCCCC)OC(=O)CCCCCCCCCCCCCCCCC)OC(=O)CCCCCCCCCCCCCCCCCCCCC(C)CC. The van der Waals surface area contributed by atoms with Gasteiger partial charge in [-0.1, -0.05) is 375 Å². The Morgan fingerprint density at radius 2 is 0.485 bits per heavy atom. The molecule has 0 aromatic carbocycles. The minimum atomic E-state index is -4.96. The zero-order valence-corrected chi connectivity index (χ0v) is 66.4. The number of unbranched alkanes of at least 4 members (excludes halogenated alkanes) is 51. The van der Waals surface area contributed by atoms with Gasteiger partial charge in [-0.2, -0.15) is 0 Å². The number of carbonyl (C=O) groups is 4. The lowest BCUT2D eigenvalue weighted by Gasteiger charge is -2.21. The summed E-state index contributed by atoms with van der Waals surface area (Å²) in [6, 6.07) is 0. The van der Waals surface area contributed by atoms with Gasteiger partial charge >= 0.3 is 39.5 Å². The van der Waals surface area contributed by atoms with Crippen molar-refractivity contribution in [2.75, 3.05) is 39.6 Å². The Kier molecular flexibility index (Phi) is 71.6. The summed E-state index contributed by atoms with van der Waals surface area (Å²) in [7, 11) is -9.91. The van der Waals surface area contributed by atoms with Gasteiger partial charge in [0, 0.05) is 25.7 Å². The molecule has 3 N–H and O–H groups in total. The highest BCUT2D eigenvalue weighted by Gasteiger charge is 2.30. The molecule has 0 saturated carbocycles. The maximum Gasteiger partial charge on any atom is 0.472 e. The molecule has 6 atom stereocenters. The molecule has 0 saturated heterocycles. The first kappa shape index (κ1) is 97.1. The Balaban J connectivity index is 5.11. The van der Waals surface area contributed by atoms with E-state index in [2.05, 4.69) is 34.6 Å². The zero-order valence-electron chi connectivity index (χ0n) is 64.6. The Morgan fingerprint density at radius 3 is 0.717 bits per heavy atom.